The quantitative estimate of drug-likeness (QED) is 0.580. The third-order valence-corrected chi connectivity index (χ3v) is 7.55. The molecular formula is C25H33F3N4O5S. The van der Waals surface area contributed by atoms with E-state index >= 15 is 0 Å². The maximum atomic E-state index is 13.3. The molecule has 1 aliphatic heterocycles. The third kappa shape index (κ3) is 8.30. The highest BCUT2D eigenvalue weighted by molar-refractivity contribution is 7.92. The Morgan fingerprint density at radius 1 is 1.18 bits per heavy atom. The predicted octanol–water partition coefficient (Wildman–Crippen LogP) is 3.39. The maximum Gasteiger partial charge on any atom is 0.404 e. The van der Waals surface area contributed by atoms with Crippen LogP contribution in [0.5, 0.6) is 5.75 Å². The lowest BCUT2D eigenvalue weighted by molar-refractivity contribution is -0.106. The standard InChI is InChI=1S/C25H33F3N4O5S/c1-17-12-32(13-20-7-5-6-10-29-20)18(2)15-37-22-11-19(30-38(34,35)16-25(26,27)28)8-9-21(22)24(33)31(3)14-23(17)36-4/h5-11,17-18,23,30H,12-16H2,1-4H3/t17-,18-,23-/m0/s1. The number of likely N-dealkylation sites (N-methyl/N-ethyl adjacent to an activating group) is 1. The molecule has 0 fully saturated rings. The number of nitrogens with zero attached hydrogens (tertiary/aromatic N) is 3. The van der Waals surface area contributed by atoms with Crippen molar-refractivity contribution in [2.75, 3.05) is 44.3 Å². The number of carbonyl (C=O) groups is 1. The first-order valence-corrected chi connectivity index (χ1v) is 13.7. The van der Waals surface area contributed by atoms with Crippen LogP contribution in [0.1, 0.15) is 29.9 Å². The van der Waals surface area contributed by atoms with Crippen molar-refractivity contribution < 1.29 is 35.9 Å². The molecule has 0 unspecified atom stereocenters. The van der Waals surface area contributed by atoms with Crippen LogP contribution < -0.4 is 9.46 Å². The fraction of sp³-hybridized carbons (Fsp3) is 0.520. The number of methoxy groups -OCH3 is 1. The van der Waals surface area contributed by atoms with Crippen LogP contribution in [0.3, 0.4) is 0 Å². The molecule has 9 nitrogen and oxygen atoms in total. The topological polar surface area (TPSA) is 101 Å². The van der Waals surface area contributed by atoms with Crippen molar-refractivity contribution in [2.45, 2.75) is 38.7 Å². The summed E-state index contributed by atoms with van der Waals surface area (Å²) in [6.07, 6.45) is -3.47. The van der Waals surface area contributed by atoms with Crippen molar-refractivity contribution in [1.29, 1.82) is 0 Å². The predicted molar refractivity (Wildman–Crippen MR) is 136 cm³/mol. The summed E-state index contributed by atoms with van der Waals surface area (Å²) in [6.45, 7) is 5.55. The van der Waals surface area contributed by atoms with Gasteiger partial charge in [0.1, 0.15) is 12.4 Å². The SMILES string of the molecule is CO[C@H]1CN(C)C(=O)c2ccc(NS(=O)(=O)CC(F)(F)F)cc2OC[C@H](C)N(Cc2ccccn2)C[C@@H]1C. The smallest absolute Gasteiger partial charge is 0.404 e. The third-order valence-electron chi connectivity index (χ3n) is 6.29. The van der Waals surface area contributed by atoms with Crippen LogP contribution in [-0.4, -0.2) is 87.0 Å². The summed E-state index contributed by atoms with van der Waals surface area (Å²) in [7, 11) is -1.50. The first-order chi connectivity index (χ1) is 17.8. The average molecular weight is 559 g/mol. The summed E-state index contributed by atoms with van der Waals surface area (Å²) in [5, 5.41) is 0. The second-order valence-electron chi connectivity index (χ2n) is 9.53. The number of nitrogens with one attached hydrogen (secondary N) is 1. The Morgan fingerprint density at radius 2 is 1.92 bits per heavy atom. The molecule has 0 radical (unpaired) electrons. The lowest BCUT2D eigenvalue weighted by atomic mass is 10.0. The zero-order valence-electron chi connectivity index (χ0n) is 21.7. The zero-order chi connectivity index (χ0) is 28.1. The Labute approximate surface area is 221 Å². The minimum atomic E-state index is -4.90. The molecule has 1 aliphatic rings. The monoisotopic (exact) mass is 558 g/mol. The number of carbonyl (C=O) groups excluding carboxylic acids is 1. The van der Waals surface area contributed by atoms with E-state index in [1.807, 2.05) is 36.8 Å². The van der Waals surface area contributed by atoms with E-state index in [0.717, 1.165) is 5.69 Å². The van der Waals surface area contributed by atoms with Gasteiger partial charge < -0.3 is 14.4 Å². The normalized spacial score (nSPS) is 22.1. The van der Waals surface area contributed by atoms with Gasteiger partial charge in [0.2, 0.25) is 10.0 Å². The highest BCUT2D eigenvalue weighted by Gasteiger charge is 2.35. The second kappa shape index (κ2) is 12.3. The Morgan fingerprint density at radius 3 is 2.55 bits per heavy atom. The Kier molecular flexibility index (Phi) is 9.60. The molecule has 0 saturated heterocycles. The van der Waals surface area contributed by atoms with Crippen molar-refractivity contribution in [3.05, 3.63) is 53.9 Å². The van der Waals surface area contributed by atoms with E-state index in [2.05, 4.69) is 9.88 Å². The van der Waals surface area contributed by atoms with Crippen molar-refractivity contribution in [2.24, 2.45) is 5.92 Å². The molecule has 1 aromatic carbocycles. The van der Waals surface area contributed by atoms with Crippen LogP contribution in [0, 0.1) is 5.92 Å². The molecular weight excluding hydrogens is 525 g/mol. The number of hydrogen-bond acceptors (Lipinski definition) is 7. The van der Waals surface area contributed by atoms with Gasteiger partial charge in [-0.25, -0.2) is 8.42 Å². The lowest BCUT2D eigenvalue weighted by Gasteiger charge is -2.35. The molecule has 2 aromatic rings. The van der Waals surface area contributed by atoms with Crippen LogP contribution in [0.2, 0.25) is 0 Å². The number of aromatic nitrogens is 1. The molecule has 1 N–H and O–H groups in total. The molecule has 3 rings (SSSR count). The summed E-state index contributed by atoms with van der Waals surface area (Å²) >= 11 is 0. The van der Waals surface area contributed by atoms with E-state index < -0.39 is 27.9 Å². The molecule has 0 bridgehead atoms. The van der Waals surface area contributed by atoms with Crippen molar-refractivity contribution in [3.63, 3.8) is 0 Å². The number of sulfonamides is 1. The second-order valence-corrected chi connectivity index (χ2v) is 11.3. The van der Waals surface area contributed by atoms with E-state index in [1.54, 1.807) is 20.4 Å². The van der Waals surface area contributed by atoms with E-state index in [0.29, 0.717) is 13.1 Å². The Balaban J connectivity index is 1.94. The number of amides is 1. The van der Waals surface area contributed by atoms with Gasteiger partial charge in [-0.3, -0.25) is 19.4 Å². The van der Waals surface area contributed by atoms with Gasteiger partial charge in [0.05, 0.1) is 23.0 Å². The highest BCUT2D eigenvalue weighted by atomic mass is 32.2. The molecule has 38 heavy (non-hydrogen) atoms. The minimum Gasteiger partial charge on any atom is -0.491 e. The Bertz CT molecular complexity index is 1200. The maximum absolute atomic E-state index is 13.3. The molecule has 1 amide bonds. The summed E-state index contributed by atoms with van der Waals surface area (Å²) < 4.78 is 75.7. The molecule has 1 aromatic heterocycles. The van der Waals surface area contributed by atoms with Gasteiger partial charge in [-0.1, -0.05) is 13.0 Å². The molecule has 0 saturated carbocycles. The first-order valence-electron chi connectivity index (χ1n) is 12.0. The number of pyridine rings is 1. The van der Waals surface area contributed by atoms with Crippen LogP contribution in [0.4, 0.5) is 18.9 Å². The van der Waals surface area contributed by atoms with Gasteiger partial charge in [0, 0.05) is 52.1 Å². The molecule has 3 atom stereocenters. The zero-order valence-corrected chi connectivity index (χ0v) is 22.6. The number of rotatable bonds is 6. The number of ether oxygens (including phenoxy) is 2. The fourth-order valence-corrected chi connectivity index (χ4v) is 5.25. The van der Waals surface area contributed by atoms with Crippen LogP contribution in [0.25, 0.3) is 0 Å². The lowest BCUT2D eigenvalue weighted by Crippen LogP contribution is -2.46. The van der Waals surface area contributed by atoms with Crippen LogP contribution in [-0.2, 0) is 21.3 Å². The fourth-order valence-electron chi connectivity index (χ4n) is 4.26. The highest BCUT2D eigenvalue weighted by Crippen LogP contribution is 2.28. The van der Waals surface area contributed by atoms with Crippen molar-refractivity contribution in [1.82, 2.24) is 14.8 Å². The number of fused-ring (bicyclic) bond motifs is 1. The van der Waals surface area contributed by atoms with E-state index in [1.165, 1.54) is 23.1 Å². The van der Waals surface area contributed by atoms with Crippen LogP contribution >= 0.6 is 0 Å². The van der Waals surface area contributed by atoms with E-state index in [-0.39, 0.29) is 48.2 Å². The Hall–Kier alpha value is -2.90. The summed E-state index contributed by atoms with van der Waals surface area (Å²) in [4.78, 5) is 21.4. The molecule has 0 aliphatic carbocycles. The average Bonchev–Trinajstić information content (AvgIpc) is 2.83. The number of anilines is 1. The van der Waals surface area contributed by atoms with Gasteiger partial charge >= 0.3 is 6.18 Å². The number of hydrogen-bond donors (Lipinski definition) is 1. The largest absolute Gasteiger partial charge is 0.491 e. The molecule has 2 heterocycles. The molecule has 210 valence electrons. The van der Waals surface area contributed by atoms with Crippen LogP contribution in [0.15, 0.2) is 42.6 Å². The number of benzene rings is 1. The summed E-state index contributed by atoms with van der Waals surface area (Å²) in [6, 6.07) is 9.30. The van der Waals surface area contributed by atoms with Gasteiger partial charge in [-0.05, 0) is 37.1 Å². The van der Waals surface area contributed by atoms with Gasteiger partial charge in [-0.15, -0.1) is 0 Å². The molecule has 0 spiro atoms. The van der Waals surface area contributed by atoms with E-state index in [4.69, 9.17) is 9.47 Å². The van der Waals surface area contributed by atoms with Gasteiger partial charge in [0.15, 0.2) is 5.75 Å². The van der Waals surface area contributed by atoms with Gasteiger partial charge in [-0.2, -0.15) is 13.2 Å². The summed E-state index contributed by atoms with van der Waals surface area (Å²) in [5.74, 6) is -2.32. The number of halogens is 3. The molecule has 13 heteroatoms. The van der Waals surface area contributed by atoms with E-state index in [9.17, 15) is 26.4 Å². The summed E-state index contributed by atoms with van der Waals surface area (Å²) in [5.41, 5.74) is 0.872. The first kappa shape index (κ1) is 29.7. The number of alkyl halides is 3. The van der Waals surface area contributed by atoms with Crippen molar-refractivity contribution in [3.8, 4) is 5.75 Å². The minimum absolute atomic E-state index is 0.0470. The van der Waals surface area contributed by atoms with Gasteiger partial charge in [0.25, 0.3) is 5.91 Å². The van der Waals surface area contributed by atoms with Crippen molar-refractivity contribution >= 4 is 21.6 Å².